The summed E-state index contributed by atoms with van der Waals surface area (Å²) in [6.07, 6.45) is 2.41. The molecular weight excluding hydrogens is 146 g/mol. The molecule has 0 radical (unpaired) electrons. The van der Waals surface area contributed by atoms with Crippen molar-refractivity contribution in [3.05, 3.63) is 12.2 Å². The molecule has 0 unspecified atom stereocenters. The van der Waals surface area contributed by atoms with Crippen molar-refractivity contribution >= 4 is 11.9 Å². The van der Waals surface area contributed by atoms with Crippen molar-refractivity contribution in [3.8, 4) is 0 Å². The minimum Gasteiger partial charge on any atom is -0.438 e. The summed E-state index contributed by atoms with van der Waals surface area (Å²) in [4.78, 5) is 22.6. The highest BCUT2D eigenvalue weighted by Gasteiger charge is 2.23. The molecule has 4 heteroatoms. The smallest absolute Gasteiger partial charge is 0.304 e. The summed E-state index contributed by atoms with van der Waals surface area (Å²) in [6.45, 7) is 1.31. The van der Waals surface area contributed by atoms with E-state index in [-0.39, 0.29) is 11.9 Å². The summed E-state index contributed by atoms with van der Waals surface area (Å²) in [7, 11) is 1.58. The number of hydrogen-bond acceptors (Lipinski definition) is 3. The lowest BCUT2D eigenvalue weighted by Gasteiger charge is -2.18. The minimum atomic E-state index is -0.514. The predicted octanol–water partition coefficient (Wildman–Crippen LogP) is -0.0962. The van der Waals surface area contributed by atoms with Crippen molar-refractivity contribution in [2.45, 2.75) is 13.2 Å². The number of nitrogens with zero attached hydrogens (tertiary/aromatic N) is 1. The van der Waals surface area contributed by atoms with Gasteiger partial charge in [0, 0.05) is 20.0 Å². The van der Waals surface area contributed by atoms with Crippen LogP contribution in [0.25, 0.3) is 0 Å². The molecule has 11 heavy (non-hydrogen) atoms. The summed E-state index contributed by atoms with van der Waals surface area (Å²) >= 11 is 0. The van der Waals surface area contributed by atoms with Gasteiger partial charge in [-0.2, -0.15) is 0 Å². The molecule has 0 fully saturated rings. The van der Waals surface area contributed by atoms with E-state index in [0.29, 0.717) is 0 Å². The Hall–Kier alpha value is -1.32. The molecule has 1 aliphatic rings. The molecule has 4 nitrogen and oxygen atoms in total. The fraction of sp³-hybridized carbons (Fsp3) is 0.429. The van der Waals surface area contributed by atoms with Crippen LogP contribution in [0.5, 0.6) is 0 Å². The maximum absolute atomic E-state index is 10.8. The van der Waals surface area contributed by atoms with Crippen LogP contribution in [0.1, 0.15) is 6.92 Å². The molecule has 0 saturated carbocycles. The maximum atomic E-state index is 10.8. The lowest BCUT2D eigenvalue weighted by atomic mass is 10.5. The van der Waals surface area contributed by atoms with Gasteiger partial charge in [-0.25, -0.2) is 0 Å². The van der Waals surface area contributed by atoms with Crippen LogP contribution < -0.4 is 0 Å². The van der Waals surface area contributed by atoms with Gasteiger partial charge in [0.15, 0.2) is 6.23 Å². The van der Waals surface area contributed by atoms with Crippen molar-refractivity contribution in [3.63, 3.8) is 0 Å². The molecule has 0 N–H and O–H groups in total. The van der Waals surface area contributed by atoms with Crippen molar-refractivity contribution in [2.24, 2.45) is 0 Å². The lowest BCUT2D eigenvalue weighted by Crippen LogP contribution is -2.32. The van der Waals surface area contributed by atoms with Gasteiger partial charge in [0.1, 0.15) is 0 Å². The van der Waals surface area contributed by atoms with Gasteiger partial charge in [0.25, 0.3) is 0 Å². The quantitative estimate of drug-likeness (QED) is 0.497. The zero-order valence-corrected chi connectivity index (χ0v) is 6.40. The number of amides is 1. The number of ether oxygens (including phenoxy) is 1. The second-order valence-corrected chi connectivity index (χ2v) is 2.31. The fourth-order valence-corrected chi connectivity index (χ4v) is 0.825. The summed E-state index contributed by atoms with van der Waals surface area (Å²) in [5, 5.41) is 0. The Morgan fingerprint density at radius 2 is 2.36 bits per heavy atom. The second-order valence-electron chi connectivity index (χ2n) is 2.31. The Kier molecular flexibility index (Phi) is 1.94. The van der Waals surface area contributed by atoms with E-state index in [1.165, 1.54) is 17.9 Å². The van der Waals surface area contributed by atoms with E-state index in [9.17, 15) is 9.59 Å². The summed E-state index contributed by atoms with van der Waals surface area (Å²) in [6, 6.07) is 0. The number of esters is 1. The van der Waals surface area contributed by atoms with Crippen molar-refractivity contribution in [1.29, 1.82) is 0 Å². The Bertz CT molecular complexity index is 222. The van der Waals surface area contributed by atoms with Gasteiger partial charge in [-0.15, -0.1) is 0 Å². The molecule has 0 aromatic carbocycles. The third-order valence-corrected chi connectivity index (χ3v) is 1.42. The fourth-order valence-electron chi connectivity index (χ4n) is 0.825. The van der Waals surface area contributed by atoms with E-state index in [0.717, 1.165) is 0 Å². The van der Waals surface area contributed by atoms with Gasteiger partial charge >= 0.3 is 5.97 Å². The maximum Gasteiger partial charge on any atom is 0.304 e. The van der Waals surface area contributed by atoms with Crippen LogP contribution in [0.15, 0.2) is 12.2 Å². The van der Waals surface area contributed by atoms with E-state index in [2.05, 4.69) is 0 Å². The zero-order chi connectivity index (χ0) is 8.43. The topological polar surface area (TPSA) is 46.6 Å². The molecule has 1 heterocycles. The van der Waals surface area contributed by atoms with E-state index in [1.54, 1.807) is 13.1 Å². The molecule has 0 aromatic rings. The van der Waals surface area contributed by atoms with Crippen LogP contribution in [0.2, 0.25) is 0 Å². The molecule has 1 atom stereocenters. The van der Waals surface area contributed by atoms with Crippen molar-refractivity contribution in [1.82, 2.24) is 4.90 Å². The average Bonchev–Trinajstić information content (AvgIpc) is 2.18. The molecule has 1 aliphatic heterocycles. The van der Waals surface area contributed by atoms with E-state index in [4.69, 9.17) is 4.74 Å². The summed E-state index contributed by atoms with van der Waals surface area (Å²) in [5.74, 6) is -0.530. The Morgan fingerprint density at radius 3 is 2.73 bits per heavy atom. The van der Waals surface area contributed by atoms with Gasteiger partial charge in [-0.3, -0.25) is 9.59 Å². The van der Waals surface area contributed by atoms with Crippen molar-refractivity contribution in [2.75, 3.05) is 7.05 Å². The Morgan fingerprint density at radius 1 is 1.73 bits per heavy atom. The highest BCUT2D eigenvalue weighted by atomic mass is 16.6. The first-order valence-electron chi connectivity index (χ1n) is 3.23. The number of hydrogen-bond donors (Lipinski definition) is 0. The van der Waals surface area contributed by atoms with Crippen molar-refractivity contribution < 1.29 is 14.3 Å². The van der Waals surface area contributed by atoms with E-state index in [1.807, 2.05) is 0 Å². The summed E-state index contributed by atoms with van der Waals surface area (Å²) < 4.78 is 4.77. The monoisotopic (exact) mass is 155 g/mol. The SMILES string of the molecule is CC(=O)O[C@@H]1C=CC(=O)N1C. The van der Waals surface area contributed by atoms with E-state index >= 15 is 0 Å². The van der Waals surface area contributed by atoms with Gasteiger partial charge in [-0.1, -0.05) is 0 Å². The Labute approximate surface area is 64.4 Å². The molecule has 0 spiro atoms. The van der Waals surface area contributed by atoms with Gasteiger partial charge in [-0.05, 0) is 6.08 Å². The number of likely N-dealkylation sites (N-methyl/N-ethyl adjacent to an activating group) is 1. The molecule has 60 valence electrons. The first kappa shape index (κ1) is 7.78. The first-order chi connectivity index (χ1) is 5.11. The van der Waals surface area contributed by atoms with Gasteiger partial charge < -0.3 is 9.64 Å². The third-order valence-electron chi connectivity index (χ3n) is 1.42. The predicted molar refractivity (Wildman–Crippen MR) is 37.5 cm³/mol. The molecular formula is C7H9NO3. The Balaban J connectivity index is 2.56. The van der Waals surface area contributed by atoms with Crippen LogP contribution in [0.4, 0.5) is 0 Å². The van der Waals surface area contributed by atoms with Crippen LogP contribution in [-0.2, 0) is 14.3 Å². The number of carbonyl (C=O) groups excluding carboxylic acids is 2. The van der Waals surface area contributed by atoms with Gasteiger partial charge in [0.05, 0.1) is 0 Å². The largest absolute Gasteiger partial charge is 0.438 e. The van der Waals surface area contributed by atoms with Crippen LogP contribution in [0.3, 0.4) is 0 Å². The second kappa shape index (κ2) is 2.74. The van der Waals surface area contributed by atoms with Gasteiger partial charge in [0.2, 0.25) is 5.91 Å². The van der Waals surface area contributed by atoms with E-state index < -0.39 is 6.23 Å². The minimum absolute atomic E-state index is 0.142. The lowest BCUT2D eigenvalue weighted by molar-refractivity contribution is -0.153. The van der Waals surface area contributed by atoms with Crippen LogP contribution in [0, 0.1) is 0 Å². The highest BCUT2D eigenvalue weighted by Crippen LogP contribution is 2.09. The number of carbonyl (C=O) groups is 2. The number of rotatable bonds is 1. The zero-order valence-electron chi connectivity index (χ0n) is 6.40. The molecule has 1 rings (SSSR count). The standard InChI is InChI=1S/C7H9NO3/c1-5(9)11-7-4-3-6(10)8(7)2/h3-4,7H,1-2H3/t7-/m1/s1. The average molecular weight is 155 g/mol. The normalized spacial score (nSPS) is 22.5. The first-order valence-corrected chi connectivity index (χ1v) is 3.23. The molecule has 0 aromatic heterocycles. The van der Waals surface area contributed by atoms with Crippen LogP contribution >= 0.6 is 0 Å². The summed E-state index contributed by atoms with van der Waals surface area (Å²) in [5.41, 5.74) is 0. The molecule has 0 aliphatic carbocycles. The van der Waals surface area contributed by atoms with Crippen LogP contribution in [-0.4, -0.2) is 30.1 Å². The highest BCUT2D eigenvalue weighted by molar-refractivity contribution is 5.90. The molecule has 1 amide bonds. The molecule has 0 saturated heterocycles. The third kappa shape index (κ3) is 1.58. The molecule has 0 bridgehead atoms.